The Morgan fingerprint density at radius 2 is 1.42 bits per heavy atom. The Balaban J connectivity index is 2.13. The van der Waals surface area contributed by atoms with E-state index in [-0.39, 0.29) is 0 Å². The van der Waals surface area contributed by atoms with Crippen LogP contribution in [0.25, 0.3) is 0 Å². The maximum absolute atomic E-state index is 5.91. The minimum Gasteiger partial charge on any atom is -0.327 e. The van der Waals surface area contributed by atoms with Crippen molar-refractivity contribution in [3.8, 4) is 0 Å². The summed E-state index contributed by atoms with van der Waals surface area (Å²) in [6, 6.07) is 5.14. The molecule has 12 heavy (non-hydrogen) atoms. The highest BCUT2D eigenvalue weighted by Crippen LogP contribution is 2.30. The first-order valence-corrected chi connectivity index (χ1v) is 4.72. The molecular formula is C11H13N. The third-order valence-corrected chi connectivity index (χ3v) is 3.15. The van der Waals surface area contributed by atoms with E-state index in [0.717, 1.165) is 12.8 Å². The summed E-state index contributed by atoms with van der Waals surface area (Å²) in [6.45, 7) is 0. The molecule has 0 fully saturated rings. The molecule has 0 aliphatic heterocycles. The van der Waals surface area contributed by atoms with Gasteiger partial charge in [0.2, 0.25) is 0 Å². The number of hydrogen-bond acceptors (Lipinski definition) is 1. The van der Waals surface area contributed by atoms with Crippen molar-refractivity contribution in [3.63, 3.8) is 0 Å². The Hall–Kier alpha value is -0.820. The number of hydrogen-bond donors (Lipinski definition) is 1. The first kappa shape index (κ1) is 6.67. The van der Waals surface area contributed by atoms with Crippen LogP contribution in [0, 0.1) is 0 Å². The van der Waals surface area contributed by atoms with Crippen LogP contribution in [-0.2, 0) is 25.7 Å². The smallest absolute Gasteiger partial charge is 0.0120 e. The Morgan fingerprint density at radius 3 is 1.83 bits per heavy atom. The Labute approximate surface area is 72.6 Å². The van der Waals surface area contributed by atoms with Crippen molar-refractivity contribution in [2.24, 2.45) is 5.73 Å². The summed E-state index contributed by atoms with van der Waals surface area (Å²) in [5.74, 6) is 0. The van der Waals surface area contributed by atoms with Gasteiger partial charge in [0.25, 0.3) is 0 Å². The highest BCUT2D eigenvalue weighted by molar-refractivity contribution is 5.46. The van der Waals surface area contributed by atoms with E-state index < -0.39 is 0 Å². The lowest BCUT2D eigenvalue weighted by atomic mass is 9.85. The van der Waals surface area contributed by atoms with E-state index in [4.69, 9.17) is 5.73 Å². The van der Waals surface area contributed by atoms with Crippen molar-refractivity contribution in [1.82, 2.24) is 0 Å². The summed E-state index contributed by atoms with van der Waals surface area (Å²) < 4.78 is 0. The fourth-order valence-electron chi connectivity index (χ4n) is 2.37. The molecule has 0 unspecified atom stereocenters. The molecular weight excluding hydrogens is 146 g/mol. The molecule has 2 N–H and O–H groups in total. The third-order valence-electron chi connectivity index (χ3n) is 3.15. The molecule has 0 aromatic heterocycles. The summed E-state index contributed by atoms with van der Waals surface area (Å²) in [5, 5.41) is 0. The van der Waals surface area contributed by atoms with Gasteiger partial charge in [0.1, 0.15) is 0 Å². The highest BCUT2D eigenvalue weighted by atomic mass is 14.6. The fraction of sp³-hybridized carbons (Fsp3) is 0.455. The summed E-state index contributed by atoms with van der Waals surface area (Å²) >= 11 is 0. The lowest BCUT2D eigenvalue weighted by molar-refractivity contribution is 0.721. The molecule has 62 valence electrons. The van der Waals surface area contributed by atoms with Gasteiger partial charge in [-0.15, -0.1) is 0 Å². The van der Waals surface area contributed by atoms with Gasteiger partial charge in [-0.1, -0.05) is 12.1 Å². The zero-order valence-electron chi connectivity index (χ0n) is 7.14. The number of rotatable bonds is 0. The summed E-state index contributed by atoms with van der Waals surface area (Å²) in [5.41, 5.74) is 12.1. The van der Waals surface area contributed by atoms with Crippen molar-refractivity contribution in [2.75, 3.05) is 0 Å². The monoisotopic (exact) mass is 159 g/mol. The van der Waals surface area contributed by atoms with Crippen molar-refractivity contribution >= 4 is 0 Å². The average Bonchev–Trinajstić information content (AvgIpc) is 2.34. The standard InChI is InChI=1S/C11H13N/c12-11-5-9-3-7-1-2-8(7)4-10(9)6-11/h3-4,11H,1-2,5-6,12H2. The van der Waals surface area contributed by atoms with Crippen molar-refractivity contribution in [3.05, 3.63) is 34.4 Å². The van der Waals surface area contributed by atoms with E-state index in [1.54, 1.807) is 11.1 Å². The zero-order chi connectivity index (χ0) is 8.13. The van der Waals surface area contributed by atoms with E-state index in [1.807, 2.05) is 0 Å². The molecule has 0 radical (unpaired) electrons. The summed E-state index contributed by atoms with van der Waals surface area (Å²) in [6.07, 6.45) is 4.78. The van der Waals surface area contributed by atoms with Crippen LogP contribution >= 0.6 is 0 Å². The zero-order valence-corrected chi connectivity index (χ0v) is 7.14. The van der Waals surface area contributed by atoms with Crippen LogP contribution in [-0.4, -0.2) is 6.04 Å². The van der Waals surface area contributed by atoms with Crippen LogP contribution in [0.3, 0.4) is 0 Å². The van der Waals surface area contributed by atoms with Crippen molar-refractivity contribution < 1.29 is 0 Å². The SMILES string of the molecule is NC1Cc2cc3c(cc2C1)CC3. The first-order valence-electron chi connectivity index (χ1n) is 4.72. The lowest BCUT2D eigenvalue weighted by Gasteiger charge is -2.19. The van der Waals surface area contributed by atoms with Crippen LogP contribution in [0.5, 0.6) is 0 Å². The van der Waals surface area contributed by atoms with Crippen LogP contribution in [0.1, 0.15) is 22.3 Å². The Kier molecular flexibility index (Phi) is 1.17. The maximum Gasteiger partial charge on any atom is 0.0120 e. The van der Waals surface area contributed by atoms with Gasteiger partial charge in [-0.05, 0) is 47.9 Å². The Bertz CT molecular complexity index is 308. The third kappa shape index (κ3) is 0.774. The van der Waals surface area contributed by atoms with Crippen molar-refractivity contribution in [2.45, 2.75) is 31.7 Å². The molecule has 1 heteroatoms. The van der Waals surface area contributed by atoms with Gasteiger partial charge in [0.05, 0.1) is 0 Å². The normalized spacial score (nSPS) is 20.1. The molecule has 0 saturated heterocycles. The van der Waals surface area contributed by atoms with Gasteiger partial charge in [-0.2, -0.15) is 0 Å². The van der Waals surface area contributed by atoms with Gasteiger partial charge < -0.3 is 5.73 Å². The van der Waals surface area contributed by atoms with Gasteiger partial charge in [0, 0.05) is 6.04 Å². The molecule has 1 aromatic carbocycles. The first-order chi connectivity index (χ1) is 5.83. The molecule has 1 aromatic rings. The number of aryl methyl sites for hydroxylation is 2. The number of benzene rings is 1. The van der Waals surface area contributed by atoms with E-state index in [1.165, 1.54) is 24.0 Å². The number of fused-ring (bicyclic) bond motifs is 2. The second-order valence-corrected chi connectivity index (χ2v) is 4.06. The molecule has 0 atom stereocenters. The van der Waals surface area contributed by atoms with Gasteiger partial charge in [-0.25, -0.2) is 0 Å². The lowest BCUT2D eigenvalue weighted by Crippen LogP contribution is -2.18. The van der Waals surface area contributed by atoms with Gasteiger partial charge in [-0.3, -0.25) is 0 Å². The van der Waals surface area contributed by atoms with E-state index in [2.05, 4.69) is 12.1 Å². The van der Waals surface area contributed by atoms with Crippen molar-refractivity contribution in [1.29, 1.82) is 0 Å². The van der Waals surface area contributed by atoms with Gasteiger partial charge >= 0.3 is 0 Å². The minimum atomic E-state index is 0.390. The summed E-state index contributed by atoms with van der Waals surface area (Å²) in [4.78, 5) is 0. The van der Waals surface area contributed by atoms with E-state index in [9.17, 15) is 0 Å². The highest BCUT2D eigenvalue weighted by Gasteiger charge is 2.22. The van der Waals surface area contributed by atoms with Crippen LogP contribution < -0.4 is 5.73 Å². The van der Waals surface area contributed by atoms with E-state index in [0.29, 0.717) is 6.04 Å². The minimum absolute atomic E-state index is 0.390. The second-order valence-electron chi connectivity index (χ2n) is 4.06. The molecule has 0 bridgehead atoms. The summed E-state index contributed by atoms with van der Waals surface area (Å²) in [7, 11) is 0. The molecule has 2 aliphatic rings. The van der Waals surface area contributed by atoms with Crippen LogP contribution in [0.15, 0.2) is 12.1 Å². The maximum atomic E-state index is 5.91. The molecule has 1 nitrogen and oxygen atoms in total. The molecule has 3 rings (SSSR count). The predicted octanol–water partition coefficient (Wildman–Crippen LogP) is 1.21. The van der Waals surface area contributed by atoms with E-state index >= 15 is 0 Å². The molecule has 0 saturated carbocycles. The molecule has 0 amide bonds. The fourth-order valence-corrected chi connectivity index (χ4v) is 2.37. The predicted molar refractivity (Wildman–Crippen MR) is 49.2 cm³/mol. The molecule has 2 aliphatic carbocycles. The van der Waals surface area contributed by atoms with Crippen LogP contribution in [0.2, 0.25) is 0 Å². The molecule has 0 spiro atoms. The number of nitrogens with two attached hydrogens (primary N) is 1. The topological polar surface area (TPSA) is 26.0 Å². The van der Waals surface area contributed by atoms with Gasteiger partial charge in [0.15, 0.2) is 0 Å². The molecule has 0 heterocycles. The van der Waals surface area contributed by atoms with Crippen LogP contribution in [0.4, 0.5) is 0 Å². The average molecular weight is 159 g/mol. The quantitative estimate of drug-likeness (QED) is 0.605. The largest absolute Gasteiger partial charge is 0.327 e. The Morgan fingerprint density at radius 1 is 0.917 bits per heavy atom. The second kappa shape index (κ2) is 2.11.